The van der Waals surface area contributed by atoms with Crippen molar-refractivity contribution in [1.82, 2.24) is 4.98 Å². The summed E-state index contributed by atoms with van der Waals surface area (Å²) in [6.07, 6.45) is 2.03. The summed E-state index contributed by atoms with van der Waals surface area (Å²) in [4.78, 5) is 9.49. The summed E-state index contributed by atoms with van der Waals surface area (Å²) in [5, 5.41) is 0. The standard InChI is InChI=1S/C21H24N2O/c1-5-9-17(23-21(2,3)4)16-12-13-18-19(14-16)24-20(22-18)15-10-7-6-8-11-15/h6-8,10-14H,5,9H2,1-4H3/b23-17-. The van der Waals surface area contributed by atoms with Crippen LogP contribution in [0, 0.1) is 0 Å². The highest BCUT2D eigenvalue weighted by Crippen LogP contribution is 2.26. The van der Waals surface area contributed by atoms with Gasteiger partial charge in [-0.1, -0.05) is 37.6 Å². The van der Waals surface area contributed by atoms with Gasteiger partial charge in [-0.05, 0) is 57.0 Å². The van der Waals surface area contributed by atoms with E-state index in [1.54, 1.807) is 0 Å². The molecule has 0 saturated heterocycles. The number of nitrogens with zero attached hydrogens (tertiary/aromatic N) is 2. The van der Waals surface area contributed by atoms with Crippen LogP contribution < -0.4 is 0 Å². The highest BCUT2D eigenvalue weighted by Gasteiger charge is 2.14. The van der Waals surface area contributed by atoms with E-state index in [1.807, 2.05) is 36.4 Å². The van der Waals surface area contributed by atoms with Crippen molar-refractivity contribution < 1.29 is 4.42 Å². The summed E-state index contributed by atoms with van der Waals surface area (Å²) in [6, 6.07) is 16.2. The van der Waals surface area contributed by atoms with Crippen LogP contribution in [-0.2, 0) is 0 Å². The topological polar surface area (TPSA) is 38.4 Å². The minimum atomic E-state index is -0.0872. The Morgan fingerprint density at radius 2 is 1.83 bits per heavy atom. The van der Waals surface area contributed by atoms with Gasteiger partial charge in [0.05, 0.1) is 5.54 Å². The summed E-state index contributed by atoms with van der Waals surface area (Å²) in [5.74, 6) is 0.660. The number of benzene rings is 2. The van der Waals surface area contributed by atoms with Gasteiger partial charge in [-0.3, -0.25) is 4.99 Å². The first-order chi connectivity index (χ1) is 11.5. The lowest BCUT2D eigenvalue weighted by atomic mass is 10.0. The van der Waals surface area contributed by atoms with Gasteiger partial charge in [0.1, 0.15) is 5.52 Å². The molecule has 1 aromatic heterocycles. The molecule has 0 aliphatic carbocycles. The Morgan fingerprint density at radius 1 is 1.08 bits per heavy atom. The highest BCUT2D eigenvalue weighted by molar-refractivity contribution is 6.02. The average molecular weight is 320 g/mol. The van der Waals surface area contributed by atoms with Crippen molar-refractivity contribution in [1.29, 1.82) is 0 Å². The third-order valence-corrected chi connectivity index (χ3v) is 3.70. The maximum atomic E-state index is 5.99. The Hall–Kier alpha value is -2.42. The van der Waals surface area contributed by atoms with Gasteiger partial charge in [0.15, 0.2) is 5.58 Å². The lowest BCUT2D eigenvalue weighted by Crippen LogP contribution is -2.15. The van der Waals surface area contributed by atoms with Gasteiger partial charge in [0.25, 0.3) is 0 Å². The SMILES string of the molecule is CCC/C(=N/C(C)(C)C)c1ccc2nc(-c3ccccc3)oc2c1. The van der Waals surface area contributed by atoms with Crippen LogP contribution in [0.25, 0.3) is 22.6 Å². The zero-order valence-corrected chi connectivity index (χ0v) is 14.8. The number of oxazole rings is 1. The van der Waals surface area contributed by atoms with Crippen LogP contribution in [-0.4, -0.2) is 16.2 Å². The fourth-order valence-corrected chi connectivity index (χ4v) is 2.71. The molecule has 0 amide bonds. The van der Waals surface area contributed by atoms with Crippen molar-refractivity contribution in [2.75, 3.05) is 0 Å². The zero-order chi connectivity index (χ0) is 17.2. The molecule has 3 heteroatoms. The predicted molar refractivity (Wildman–Crippen MR) is 101 cm³/mol. The Balaban J connectivity index is 2.03. The molecule has 0 bridgehead atoms. The van der Waals surface area contributed by atoms with Crippen LogP contribution in [0.5, 0.6) is 0 Å². The molecule has 0 unspecified atom stereocenters. The van der Waals surface area contributed by atoms with Crippen molar-refractivity contribution in [3.8, 4) is 11.5 Å². The van der Waals surface area contributed by atoms with E-state index in [4.69, 9.17) is 9.41 Å². The molecular weight excluding hydrogens is 296 g/mol. The summed E-state index contributed by atoms with van der Waals surface area (Å²) in [7, 11) is 0. The molecule has 2 aromatic carbocycles. The van der Waals surface area contributed by atoms with E-state index in [9.17, 15) is 0 Å². The normalized spacial score (nSPS) is 12.8. The first kappa shape index (κ1) is 16.4. The van der Waals surface area contributed by atoms with Crippen LogP contribution in [0.15, 0.2) is 57.9 Å². The van der Waals surface area contributed by atoms with Crippen molar-refractivity contribution in [2.24, 2.45) is 4.99 Å². The predicted octanol–water partition coefficient (Wildman–Crippen LogP) is 5.88. The van der Waals surface area contributed by atoms with Gasteiger partial charge in [-0.25, -0.2) is 4.98 Å². The number of fused-ring (bicyclic) bond motifs is 1. The number of rotatable bonds is 4. The van der Waals surface area contributed by atoms with Crippen molar-refractivity contribution >= 4 is 16.8 Å². The first-order valence-corrected chi connectivity index (χ1v) is 8.51. The molecule has 0 aliphatic rings. The summed E-state index contributed by atoms with van der Waals surface area (Å²) in [5.41, 5.74) is 4.84. The minimum absolute atomic E-state index is 0.0872. The van der Waals surface area contributed by atoms with Crippen molar-refractivity contribution in [3.63, 3.8) is 0 Å². The lowest BCUT2D eigenvalue weighted by Gasteiger charge is -2.16. The maximum Gasteiger partial charge on any atom is 0.227 e. The quantitative estimate of drug-likeness (QED) is 0.563. The first-order valence-electron chi connectivity index (χ1n) is 8.51. The van der Waals surface area contributed by atoms with Crippen molar-refractivity contribution in [3.05, 3.63) is 54.1 Å². The van der Waals surface area contributed by atoms with Gasteiger partial charge >= 0.3 is 0 Å². The Morgan fingerprint density at radius 3 is 2.50 bits per heavy atom. The van der Waals surface area contributed by atoms with E-state index < -0.39 is 0 Å². The van der Waals surface area contributed by atoms with E-state index in [0.29, 0.717) is 5.89 Å². The van der Waals surface area contributed by atoms with Crippen LogP contribution >= 0.6 is 0 Å². The van der Waals surface area contributed by atoms with E-state index in [1.165, 1.54) is 0 Å². The van der Waals surface area contributed by atoms with E-state index >= 15 is 0 Å². The van der Waals surface area contributed by atoms with Gasteiger partial charge in [-0.15, -0.1) is 0 Å². The lowest BCUT2D eigenvalue weighted by molar-refractivity contribution is 0.581. The third kappa shape index (κ3) is 3.73. The second-order valence-corrected chi connectivity index (χ2v) is 7.05. The van der Waals surface area contributed by atoms with Crippen LogP contribution in [0.2, 0.25) is 0 Å². The van der Waals surface area contributed by atoms with Crippen LogP contribution in [0.1, 0.15) is 46.1 Å². The Bertz CT molecular complexity index is 854. The van der Waals surface area contributed by atoms with Gasteiger partial charge in [0, 0.05) is 11.3 Å². The summed E-state index contributed by atoms with van der Waals surface area (Å²) >= 11 is 0. The molecule has 3 nitrogen and oxygen atoms in total. The summed E-state index contributed by atoms with van der Waals surface area (Å²) < 4.78 is 5.99. The van der Waals surface area contributed by atoms with E-state index in [2.05, 4.69) is 44.8 Å². The molecule has 3 rings (SSSR count). The second-order valence-electron chi connectivity index (χ2n) is 7.05. The Labute approximate surface area is 143 Å². The second kappa shape index (κ2) is 6.60. The molecule has 124 valence electrons. The summed E-state index contributed by atoms with van der Waals surface area (Å²) in [6.45, 7) is 8.56. The molecule has 24 heavy (non-hydrogen) atoms. The highest BCUT2D eigenvalue weighted by atomic mass is 16.3. The van der Waals surface area contributed by atoms with Gasteiger partial charge < -0.3 is 4.42 Å². The average Bonchev–Trinajstić information content (AvgIpc) is 2.97. The van der Waals surface area contributed by atoms with Crippen molar-refractivity contribution in [2.45, 2.75) is 46.1 Å². The monoisotopic (exact) mass is 320 g/mol. The number of hydrogen-bond acceptors (Lipinski definition) is 3. The van der Waals surface area contributed by atoms with E-state index in [-0.39, 0.29) is 5.54 Å². The molecule has 0 spiro atoms. The minimum Gasteiger partial charge on any atom is -0.436 e. The molecular formula is C21H24N2O. The fourth-order valence-electron chi connectivity index (χ4n) is 2.71. The largest absolute Gasteiger partial charge is 0.436 e. The molecule has 1 heterocycles. The molecule has 0 fully saturated rings. The van der Waals surface area contributed by atoms with E-state index in [0.717, 1.165) is 40.8 Å². The Kier molecular flexibility index (Phi) is 4.52. The van der Waals surface area contributed by atoms with Gasteiger partial charge in [0.2, 0.25) is 5.89 Å². The van der Waals surface area contributed by atoms with Gasteiger partial charge in [-0.2, -0.15) is 0 Å². The number of hydrogen-bond donors (Lipinski definition) is 0. The number of aromatic nitrogens is 1. The molecule has 3 aromatic rings. The molecule has 0 N–H and O–H groups in total. The fraction of sp³-hybridized carbons (Fsp3) is 0.333. The molecule has 0 radical (unpaired) electrons. The molecule has 0 saturated carbocycles. The zero-order valence-electron chi connectivity index (χ0n) is 14.8. The number of aliphatic imine (C=N–C) groups is 1. The molecule has 0 aliphatic heterocycles. The van der Waals surface area contributed by atoms with Crippen LogP contribution in [0.3, 0.4) is 0 Å². The maximum absolute atomic E-state index is 5.99. The smallest absolute Gasteiger partial charge is 0.227 e. The third-order valence-electron chi connectivity index (χ3n) is 3.70. The molecule has 0 atom stereocenters. The van der Waals surface area contributed by atoms with Crippen LogP contribution in [0.4, 0.5) is 0 Å².